The Morgan fingerprint density at radius 3 is 1.90 bits per heavy atom. The minimum absolute atomic E-state index is 0. The van der Waals surface area contributed by atoms with E-state index in [4.69, 9.17) is 4.98 Å². The Balaban J connectivity index is 0.000000177. The van der Waals surface area contributed by atoms with Crippen molar-refractivity contribution in [1.82, 2.24) is 9.97 Å². The summed E-state index contributed by atoms with van der Waals surface area (Å²) >= 11 is 3.41. The molecule has 2 aromatic heterocycles. The van der Waals surface area contributed by atoms with Gasteiger partial charge in [-0.3, -0.25) is 0 Å². The van der Waals surface area contributed by atoms with Crippen molar-refractivity contribution < 1.29 is 20.1 Å². The fourth-order valence-corrected chi connectivity index (χ4v) is 7.60. The first kappa shape index (κ1) is 28.4. The zero-order chi connectivity index (χ0) is 24.8. The van der Waals surface area contributed by atoms with Crippen LogP contribution in [-0.2, 0) is 20.1 Å². The van der Waals surface area contributed by atoms with E-state index in [9.17, 15) is 0 Å². The quantitative estimate of drug-likeness (QED) is 0.191. The molecule has 1 radical (unpaired) electrons. The second-order valence-corrected chi connectivity index (χ2v) is 12.1. The van der Waals surface area contributed by atoms with Crippen molar-refractivity contribution in [3.05, 3.63) is 106 Å². The van der Waals surface area contributed by atoms with Gasteiger partial charge >= 0.3 is 0 Å². The molecular formula is C35H35BrIrN2-2. The molecule has 6 aliphatic rings. The van der Waals surface area contributed by atoms with Crippen LogP contribution in [0.1, 0.15) is 105 Å². The van der Waals surface area contributed by atoms with Gasteiger partial charge < -0.3 is 9.97 Å². The van der Waals surface area contributed by atoms with E-state index in [1.165, 1.54) is 56.9 Å². The van der Waals surface area contributed by atoms with Crippen molar-refractivity contribution in [2.24, 2.45) is 0 Å². The summed E-state index contributed by atoms with van der Waals surface area (Å²) in [7, 11) is 0. The Labute approximate surface area is 255 Å². The van der Waals surface area contributed by atoms with E-state index in [2.05, 4.69) is 57.4 Å². The van der Waals surface area contributed by atoms with Gasteiger partial charge in [-0.05, 0) is 84.9 Å². The van der Waals surface area contributed by atoms with E-state index in [1.54, 1.807) is 28.5 Å². The van der Waals surface area contributed by atoms with Gasteiger partial charge in [0.05, 0.1) is 0 Å². The number of hydrogen-bond donors (Lipinski definition) is 0. The molecule has 4 heteroatoms. The Morgan fingerprint density at radius 2 is 1.26 bits per heavy atom. The van der Waals surface area contributed by atoms with Gasteiger partial charge in [-0.1, -0.05) is 64.8 Å². The van der Waals surface area contributed by atoms with E-state index in [-0.39, 0.29) is 27.5 Å². The van der Waals surface area contributed by atoms with E-state index < -0.39 is 0 Å². The zero-order valence-electron chi connectivity index (χ0n) is 21.4. The van der Waals surface area contributed by atoms with Gasteiger partial charge in [-0.15, -0.1) is 64.7 Å². The van der Waals surface area contributed by atoms with Crippen LogP contribution in [0.25, 0.3) is 22.5 Å². The summed E-state index contributed by atoms with van der Waals surface area (Å²) in [5.74, 6) is 3.18. The largest absolute Gasteiger partial charge is 0.305 e. The van der Waals surface area contributed by atoms with Crippen molar-refractivity contribution in [3.8, 4) is 22.5 Å². The fourth-order valence-electron chi connectivity index (χ4n) is 7.24. The molecule has 2 heterocycles. The number of halogens is 1. The molecule has 4 bridgehead atoms. The molecule has 39 heavy (non-hydrogen) atoms. The Morgan fingerprint density at radius 1 is 0.641 bits per heavy atom. The maximum absolute atomic E-state index is 4.86. The number of hydrogen-bond acceptors (Lipinski definition) is 2. The molecule has 2 nitrogen and oxygen atoms in total. The van der Waals surface area contributed by atoms with E-state index in [0.717, 1.165) is 45.1 Å². The first-order valence-electron chi connectivity index (χ1n) is 13.9. The molecule has 203 valence electrons. The van der Waals surface area contributed by atoms with Crippen LogP contribution in [0.3, 0.4) is 0 Å². The van der Waals surface area contributed by atoms with E-state index >= 15 is 0 Å². The number of rotatable bonds is 2. The molecule has 0 atom stereocenters. The van der Waals surface area contributed by atoms with E-state index in [1.807, 2.05) is 36.4 Å². The average Bonchev–Trinajstić information content (AvgIpc) is 2.99. The van der Waals surface area contributed by atoms with Gasteiger partial charge in [0.2, 0.25) is 0 Å². The summed E-state index contributed by atoms with van der Waals surface area (Å²) in [5.41, 5.74) is 10.7. The van der Waals surface area contributed by atoms with Crippen LogP contribution in [0.15, 0.2) is 71.5 Å². The van der Waals surface area contributed by atoms with Gasteiger partial charge in [0.1, 0.15) is 0 Å². The number of aromatic nitrogens is 2. The number of nitrogens with zero attached hydrogens (tertiary/aromatic N) is 2. The SMILES string of the molecule is Brc1cc[c-]c(-c2ccccn2)c1.C.[Ir].[c-]1cc2c(cc1-c1cc3c(cn1)C1CCC3CC1)C1CCC2CC1. The molecule has 0 saturated heterocycles. The molecule has 6 aliphatic carbocycles. The van der Waals surface area contributed by atoms with Gasteiger partial charge in [0.15, 0.2) is 0 Å². The molecule has 4 aromatic rings. The maximum Gasteiger partial charge on any atom is 0.0198 e. The van der Waals surface area contributed by atoms with Gasteiger partial charge in [0, 0.05) is 32.5 Å². The molecule has 2 saturated carbocycles. The Bertz CT molecular complexity index is 1350. The normalized spacial score (nSPS) is 23.3. The smallest absolute Gasteiger partial charge is 0.0198 e. The van der Waals surface area contributed by atoms with Crippen LogP contribution in [0.4, 0.5) is 0 Å². The van der Waals surface area contributed by atoms with Crippen LogP contribution in [0.2, 0.25) is 0 Å². The van der Waals surface area contributed by atoms with Gasteiger partial charge in [0.25, 0.3) is 0 Å². The summed E-state index contributed by atoms with van der Waals surface area (Å²) in [6, 6.07) is 25.5. The molecule has 10 rings (SSSR count). The third-order valence-electron chi connectivity index (χ3n) is 9.18. The number of benzene rings is 2. The Hall–Kier alpha value is -2.13. The fraction of sp³-hybridized carbons (Fsp3) is 0.371. The van der Waals surface area contributed by atoms with Gasteiger partial charge in [-0.25, -0.2) is 0 Å². The summed E-state index contributed by atoms with van der Waals surface area (Å²) < 4.78 is 1.05. The molecule has 0 amide bonds. The second-order valence-electron chi connectivity index (χ2n) is 11.2. The second kappa shape index (κ2) is 12.2. The zero-order valence-corrected chi connectivity index (χ0v) is 25.4. The van der Waals surface area contributed by atoms with Crippen molar-refractivity contribution in [3.63, 3.8) is 0 Å². The predicted octanol–water partition coefficient (Wildman–Crippen LogP) is 10.0. The molecule has 2 fully saturated rings. The summed E-state index contributed by atoms with van der Waals surface area (Å²) in [4.78, 5) is 9.10. The minimum Gasteiger partial charge on any atom is -0.305 e. The topological polar surface area (TPSA) is 25.8 Å². The molecule has 0 spiro atoms. The molecule has 2 aromatic carbocycles. The van der Waals surface area contributed by atoms with Crippen molar-refractivity contribution in [2.45, 2.75) is 82.5 Å². The Kier molecular flexibility index (Phi) is 8.86. The number of fused-ring (bicyclic) bond motifs is 4. The van der Waals surface area contributed by atoms with Crippen LogP contribution >= 0.6 is 15.9 Å². The molecule has 0 unspecified atom stereocenters. The van der Waals surface area contributed by atoms with Gasteiger partial charge in [-0.2, -0.15) is 0 Å². The van der Waals surface area contributed by atoms with Crippen LogP contribution in [0, 0.1) is 12.1 Å². The molecule has 0 N–H and O–H groups in total. The van der Waals surface area contributed by atoms with Crippen LogP contribution in [0.5, 0.6) is 0 Å². The van der Waals surface area contributed by atoms with Crippen molar-refractivity contribution in [2.75, 3.05) is 0 Å². The summed E-state index contributed by atoms with van der Waals surface area (Å²) in [6.45, 7) is 0. The first-order chi connectivity index (χ1) is 18.2. The first-order valence-corrected chi connectivity index (χ1v) is 14.7. The molecule has 0 aliphatic heterocycles. The van der Waals surface area contributed by atoms with E-state index in [0.29, 0.717) is 0 Å². The summed E-state index contributed by atoms with van der Waals surface area (Å²) in [5, 5.41) is 0. The maximum atomic E-state index is 4.86. The number of pyridine rings is 2. The summed E-state index contributed by atoms with van der Waals surface area (Å²) in [6.07, 6.45) is 15.1. The van der Waals surface area contributed by atoms with Crippen molar-refractivity contribution in [1.29, 1.82) is 0 Å². The molecular weight excluding hydrogens is 721 g/mol. The predicted molar refractivity (Wildman–Crippen MR) is 159 cm³/mol. The monoisotopic (exact) mass is 755 g/mol. The third kappa shape index (κ3) is 5.58. The van der Waals surface area contributed by atoms with Crippen LogP contribution < -0.4 is 0 Å². The average molecular weight is 756 g/mol. The standard InChI is InChI=1S/C23H24N.C11H7BrN.CH4.Ir/c1-3-15-4-2-14(1)19-10-9-18(11-20(15)19)23-12-21-16-5-7-17(8-6-16)22(21)13-24-23;12-10-5-3-4-9(8-10)11-6-1-2-7-13-11;;/h10-17H,1-8H2;1-3,5-8H;1H4;/q2*-1;;. The third-order valence-corrected chi connectivity index (χ3v) is 9.67. The van der Waals surface area contributed by atoms with Crippen molar-refractivity contribution >= 4 is 15.9 Å². The minimum atomic E-state index is 0. The van der Waals surface area contributed by atoms with Crippen LogP contribution in [-0.4, -0.2) is 9.97 Å².